The van der Waals surface area contributed by atoms with Gasteiger partial charge in [-0.1, -0.05) is 29.3 Å². The molecule has 0 bridgehead atoms. The molecule has 1 atom stereocenters. The van der Waals surface area contributed by atoms with E-state index in [0.717, 1.165) is 18.4 Å². The highest BCUT2D eigenvalue weighted by atomic mass is 35.5. The number of hydrogen-bond donors (Lipinski definition) is 2. The summed E-state index contributed by atoms with van der Waals surface area (Å²) < 4.78 is 0. The van der Waals surface area contributed by atoms with Crippen LogP contribution in [0.4, 0.5) is 0 Å². The number of halogens is 3. The molecule has 0 aliphatic carbocycles. The molecule has 1 aromatic carbocycles. The predicted molar refractivity (Wildman–Crippen MR) is 68.9 cm³/mol. The lowest BCUT2D eigenvalue weighted by molar-refractivity contribution is 0.618. The first-order valence-corrected chi connectivity index (χ1v) is 5.32. The molecule has 0 aromatic heterocycles. The van der Waals surface area contributed by atoms with E-state index in [0.29, 0.717) is 16.6 Å². The third-order valence-corrected chi connectivity index (χ3v) is 2.75. The van der Waals surface area contributed by atoms with Crippen molar-refractivity contribution in [1.29, 1.82) is 0 Å². The first-order valence-electron chi connectivity index (χ1n) is 4.56. The summed E-state index contributed by atoms with van der Waals surface area (Å²) in [7, 11) is 0. The first kappa shape index (κ1) is 15.0. The van der Waals surface area contributed by atoms with Crippen LogP contribution in [0.5, 0.6) is 0 Å². The molecule has 4 N–H and O–H groups in total. The van der Waals surface area contributed by atoms with Gasteiger partial charge < -0.3 is 11.5 Å². The maximum atomic E-state index is 6.01. The van der Waals surface area contributed by atoms with Crippen LogP contribution in [0.2, 0.25) is 10.0 Å². The number of nitrogens with two attached hydrogens (primary N) is 2. The molecule has 0 radical (unpaired) electrons. The zero-order valence-electron chi connectivity index (χ0n) is 8.25. The Kier molecular flexibility index (Phi) is 7.32. The Balaban J connectivity index is 0.00000196. The van der Waals surface area contributed by atoms with Gasteiger partial charge in [-0.2, -0.15) is 0 Å². The maximum absolute atomic E-state index is 6.01. The van der Waals surface area contributed by atoms with E-state index in [1.54, 1.807) is 12.1 Å². The fraction of sp³-hybridized carbons (Fsp3) is 0.400. The van der Waals surface area contributed by atoms with Gasteiger partial charge in [0.1, 0.15) is 0 Å². The van der Waals surface area contributed by atoms with Gasteiger partial charge in [-0.05, 0) is 31.5 Å². The average Bonchev–Trinajstić information content (AvgIpc) is 2.14. The molecule has 0 saturated carbocycles. The lowest BCUT2D eigenvalue weighted by atomic mass is 10.0. The van der Waals surface area contributed by atoms with E-state index in [4.69, 9.17) is 34.7 Å². The van der Waals surface area contributed by atoms with Crippen LogP contribution in [-0.4, -0.2) is 6.54 Å². The molecule has 0 unspecified atom stereocenters. The molecule has 1 aromatic rings. The second-order valence-corrected chi connectivity index (χ2v) is 3.99. The van der Waals surface area contributed by atoms with E-state index in [2.05, 4.69) is 0 Å². The van der Waals surface area contributed by atoms with Crippen molar-refractivity contribution >= 4 is 35.6 Å². The predicted octanol–water partition coefficient (Wildman–Crippen LogP) is 3.15. The Bertz CT molecular complexity index is 284. The van der Waals surface area contributed by atoms with Crippen molar-refractivity contribution < 1.29 is 0 Å². The van der Waals surface area contributed by atoms with Crippen LogP contribution in [0, 0.1) is 0 Å². The van der Waals surface area contributed by atoms with Gasteiger partial charge in [-0.25, -0.2) is 0 Å². The van der Waals surface area contributed by atoms with Crippen LogP contribution in [-0.2, 0) is 0 Å². The third kappa shape index (κ3) is 4.17. The number of hydrogen-bond acceptors (Lipinski definition) is 2. The summed E-state index contributed by atoms with van der Waals surface area (Å²) in [6, 6.07) is 5.28. The molecule has 5 heteroatoms. The summed E-state index contributed by atoms with van der Waals surface area (Å²) in [5.74, 6) is 0. The second kappa shape index (κ2) is 7.31. The summed E-state index contributed by atoms with van der Waals surface area (Å²) in [6.45, 7) is 0.635. The van der Waals surface area contributed by atoms with Crippen LogP contribution >= 0.6 is 35.6 Å². The van der Waals surface area contributed by atoms with Crippen LogP contribution in [0.15, 0.2) is 18.2 Å². The lowest BCUT2D eigenvalue weighted by Gasteiger charge is -2.14. The molecule has 0 fully saturated rings. The first-order chi connectivity index (χ1) is 6.66. The molecule has 2 nitrogen and oxygen atoms in total. The maximum Gasteiger partial charge on any atom is 0.0468 e. The molecule has 0 spiro atoms. The van der Waals surface area contributed by atoms with E-state index < -0.39 is 0 Å². The highest BCUT2D eigenvalue weighted by Gasteiger charge is 2.12. The monoisotopic (exact) mass is 268 g/mol. The molecule has 0 heterocycles. The number of rotatable bonds is 4. The fourth-order valence-electron chi connectivity index (χ4n) is 1.35. The SMILES string of the molecule is Cl.NCCC[C@@H](N)c1c(Cl)cccc1Cl. The highest BCUT2D eigenvalue weighted by molar-refractivity contribution is 6.36. The van der Waals surface area contributed by atoms with E-state index in [-0.39, 0.29) is 18.4 Å². The van der Waals surface area contributed by atoms with Crippen molar-refractivity contribution in [3.05, 3.63) is 33.8 Å². The zero-order chi connectivity index (χ0) is 10.6. The summed E-state index contributed by atoms with van der Waals surface area (Å²) in [5, 5.41) is 1.25. The Morgan fingerprint density at radius 1 is 1.20 bits per heavy atom. The topological polar surface area (TPSA) is 52.0 Å². The third-order valence-electron chi connectivity index (χ3n) is 2.09. The minimum absolute atomic E-state index is 0. The minimum Gasteiger partial charge on any atom is -0.330 e. The van der Waals surface area contributed by atoms with E-state index in [1.807, 2.05) is 6.07 Å². The average molecular weight is 270 g/mol. The Hall–Kier alpha value is 0.01000. The van der Waals surface area contributed by atoms with Crippen LogP contribution in [0.1, 0.15) is 24.4 Å². The van der Waals surface area contributed by atoms with Gasteiger partial charge in [0, 0.05) is 21.7 Å². The molecule has 1 rings (SSSR count). The van der Waals surface area contributed by atoms with Gasteiger partial charge >= 0.3 is 0 Å². The smallest absolute Gasteiger partial charge is 0.0468 e. The fourth-order valence-corrected chi connectivity index (χ4v) is 2.02. The van der Waals surface area contributed by atoms with Gasteiger partial charge in [0.15, 0.2) is 0 Å². The molecular weight excluding hydrogens is 254 g/mol. The van der Waals surface area contributed by atoms with Gasteiger partial charge in [-0.3, -0.25) is 0 Å². The van der Waals surface area contributed by atoms with Crippen molar-refractivity contribution in [2.45, 2.75) is 18.9 Å². The molecule has 0 aliphatic rings. The Morgan fingerprint density at radius 2 is 1.73 bits per heavy atom. The zero-order valence-corrected chi connectivity index (χ0v) is 10.6. The lowest BCUT2D eigenvalue weighted by Crippen LogP contribution is -2.13. The van der Waals surface area contributed by atoms with Crippen molar-refractivity contribution in [2.24, 2.45) is 11.5 Å². The quantitative estimate of drug-likeness (QED) is 0.882. The number of benzene rings is 1. The Morgan fingerprint density at radius 3 is 2.20 bits per heavy atom. The van der Waals surface area contributed by atoms with Gasteiger partial charge in [-0.15, -0.1) is 12.4 Å². The van der Waals surface area contributed by atoms with Crippen LogP contribution in [0.3, 0.4) is 0 Å². The standard InChI is InChI=1S/C10H14Cl2N2.ClH/c11-7-3-1-4-8(12)10(7)9(14)5-2-6-13;/h1,3-4,9H,2,5-6,13-14H2;1H/t9-;/m1./s1. The normalized spacial score (nSPS) is 12.0. The van der Waals surface area contributed by atoms with E-state index in [1.165, 1.54) is 0 Å². The molecule has 0 amide bonds. The summed E-state index contributed by atoms with van der Waals surface area (Å²) in [5.41, 5.74) is 12.2. The van der Waals surface area contributed by atoms with Crippen LogP contribution in [0.25, 0.3) is 0 Å². The second-order valence-electron chi connectivity index (χ2n) is 3.17. The van der Waals surface area contributed by atoms with E-state index >= 15 is 0 Å². The van der Waals surface area contributed by atoms with Crippen molar-refractivity contribution in [3.63, 3.8) is 0 Å². The van der Waals surface area contributed by atoms with Gasteiger partial charge in [0.05, 0.1) is 0 Å². The molecular formula is C10H15Cl3N2. The molecule has 15 heavy (non-hydrogen) atoms. The molecule has 0 saturated heterocycles. The highest BCUT2D eigenvalue weighted by Crippen LogP contribution is 2.30. The van der Waals surface area contributed by atoms with Crippen molar-refractivity contribution in [3.8, 4) is 0 Å². The van der Waals surface area contributed by atoms with E-state index in [9.17, 15) is 0 Å². The summed E-state index contributed by atoms with van der Waals surface area (Å²) in [6.07, 6.45) is 1.68. The summed E-state index contributed by atoms with van der Waals surface area (Å²) in [4.78, 5) is 0. The van der Waals surface area contributed by atoms with Gasteiger partial charge in [0.2, 0.25) is 0 Å². The summed E-state index contributed by atoms with van der Waals surface area (Å²) >= 11 is 12.0. The largest absolute Gasteiger partial charge is 0.330 e. The van der Waals surface area contributed by atoms with Crippen LogP contribution < -0.4 is 11.5 Å². The van der Waals surface area contributed by atoms with Gasteiger partial charge in [0.25, 0.3) is 0 Å². The molecule has 86 valence electrons. The minimum atomic E-state index is -0.125. The molecule has 0 aliphatic heterocycles. The Labute approximate surface area is 106 Å². The van der Waals surface area contributed by atoms with Crippen molar-refractivity contribution in [1.82, 2.24) is 0 Å². The van der Waals surface area contributed by atoms with Crippen molar-refractivity contribution in [2.75, 3.05) is 6.54 Å².